The SMILES string of the molecule is O=C1/C(=C\c2c(N3CCN(c4ccccc4F)CC3)nc3ccccn3c2=O)SC(=S)N1C1CCCC1. The maximum Gasteiger partial charge on any atom is 0.267 e. The highest BCUT2D eigenvalue weighted by Gasteiger charge is 2.38. The van der Waals surface area contributed by atoms with Gasteiger partial charge in [-0.15, -0.1) is 0 Å². The number of rotatable bonds is 4. The van der Waals surface area contributed by atoms with Crippen LogP contribution < -0.4 is 15.4 Å². The van der Waals surface area contributed by atoms with Gasteiger partial charge in [0.25, 0.3) is 11.5 Å². The van der Waals surface area contributed by atoms with Gasteiger partial charge in [0, 0.05) is 38.4 Å². The van der Waals surface area contributed by atoms with Gasteiger partial charge in [0.2, 0.25) is 0 Å². The van der Waals surface area contributed by atoms with Crippen molar-refractivity contribution >= 4 is 57.4 Å². The van der Waals surface area contributed by atoms with Crippen LogP contribution >= 0.6 is 24.0 Å². The number of halogens is 1. The van der Waals surface area contributed by atoms with Crippen molar-refractivity contribution in [2.75, 3.05) is 36.0 Å². The number of thiocarbonyl (C=S) groups is 1. The molecule has 7 nitrogen and oxygen atoms in total. The number of fused-ring (bicyclic) bond motifs is 1. The zero-order valence-electron chi connectivity index (χ0n) is 20.2. The number of thioether (sulfide) groups is 1. The monoisotopic (exact) mass is 535 g/mol. The summed E-state index contributed by atoms with van der Waals surface area (Å²) in [6.07, 6.45) is 7.46. The highest BCUT2D eigenvalue weighted by atomic mass is 32.2. The maximum atomic E-state index is 14.4. The van der Waals surface area contributed by atoms with Gasteiger partial charge in [0.05, 0.1) is 16.2 Å². The molecule has 6 rings (SSSR count). The lowest BCUT2D eigenvalue weighted by Crippen LogP contribution is -2.47. The van der Waals surface area contributed by atoms with E-state index in [2.05, 4.69) is 4.90 Å². The van der Waals surface area contributed by atoms with Crippen LogP contribution in [0.2, 0.25) is 0 Å². The first kappa shape index (κ1) is 24.1. The van der Waals surface area contributed by atoms with E-state index in [1.807, 2.05) is 17.0 Å². The predicted octanol–water partition coefficient (Wildman–Crippen LogP) is 4.30. The minimum Gasteiger partial charge on any atom is -0.366 e. The van der Waals surface area contributed by atoms with E-state index >= 15 is 0 Å². The summed E-state index contributed by atoms with van der Waals surface area (Å²) in [6.45, 7) is 2.29. The van der Waals surface area contributed by atoms with Crippen LogP contribution in [0, 0.1) is 5.82 Å². The van der Waals surface area contributed by atoms with E-state index in [9.17, 15) is 14.0 Å². The first-order valence-corrected chi connectivity index (χ1v) is 13.8. The first-order valence-electron chi connectivity index (χ1n) is 12.5. The highest BCUT2D eigenvalue weighted by molar-refractivity contribution is 8.26. The van der Waals surface area contributed by atoms with Gasteiger partial charge in [-0.25, -0.2) is 9.37 Å². The summed E-state index contributed by atoms with van der Waals surface area (Å²) in [5.74, 6) is 0.160. The second-order valence-corrected chi connectivity index (χ2v) is 11.2. The average Bonchev–Trinajstić information content (AvgIpc) is 3.53. The van der Waals surface area contributed by atoms with Gasteiger partial charge in [0.1, 0.15) is 21.6 Å². The molecule has 3 aliphatic rings. The first-order chi connectivity index (χ1) is 18.0. The van der Waals surface area contributed by atoms with Crippen molar-refractivity contribution in [1.82, 2.24) is 14.3 Å². The zero-order valence-corrected chi connectivity index (χ0v) is 21.8. The molecule has 0 bridgehead atoms. The quantitative estimate of drug-likeness (QED) is 0.365. The Morgan fingerprint density at radius 2 is 1.68 bits per heavy atom. The lowest BCUT2D eigenvalue weighted by Gasteiger charge is -2.37. The van der Waals surface area contributed by atoms with Crippen LogP contribution in [0.1, 0.15) is 31.2 Å². The predicted molar refractivity (Wildman–Crippen MR) is 150 cm³/mol. The molecule has 37 heavy (non-hydrogen) atoms. The smallest absolute Gasteiger partial charge is 0.267 e. The molecule has 0 unspecified atom stereocenters. The van der Waals surface area contributed by atoms with E-state index in [0.29, 0.717) is 58.1 Å². The van der Waals surface area contributed by atoms with E-state index in [-0.39, 0.29) is 23.3 Å². The van der Waals surface area contributed by atoms with E-state index in [1.54, 1.807) is 41.4 Å². The van der Waals surface area contributed by atoms with Crippen molar-refractivity contribution in [3.63, 3.8) is 0 Å². The summed E-state index contributed by atoms with van der Waals surface area (Å²) in [4.78, 5) is 38.1. The largest absolute Gasteiger partial charge is 0.366 e. The molecule has 1 saturated carbocycles. The molecule has 2 saturated heterocycles. The van der Waals surface area contributed by atoms with Crippen molar-refractivity contribution in [3.05, 3.63) is 75.3 Å². The Balaban J connectivity index is 1.36. The zero-order chi connectivity index (χ0) is 25.5. The number of piperazine rings is 1. The van der Waals surface area contributed by atoms with Gasteiger partial charge in [-0.1, -0.05) is 55.0 Å². The topological polar surface area (TPSA) is 61.2 Å². The number of pyridine rings is 1. The number of carbonyl (C=O) groups excluding carboxylic acids is 1. The molecule has 1 aromatic carbocycles. The van der Waals surface area contributed by atoms with E-state index in [4.69, 9.17) is 17.2 Å². The number of hydrogen-bond donors (Lipinski definition) is 0. The number of aromatic nitrogens is 2. The van der Waals surface area contributed by atoms with E-state index < -0.39 is 0 Å². The third-order valence-corrected chi connectivity index (χ3v) is 8.64. The van der Waals surface area contributed by atoms with Crippen LogP contribution in [0.4, 0.5) is 15.9 Å². The second-order valence-electron chi connectivity index (χ2n) is 9.50. The molecule has 2 aliphatic heterocycles. The number of amides is 1. The Morgan fingerprint density at radius 3 is 2.43 bits per heavy atom. The van der Waals surface area contributed by atoms with Gasteiger partial charge in [0.15, 0.2) is 0 Å². The molecule has 0 radical (unpaired) electrons. The lowest BCUT2D eigenvalue weighted by atomic mass is 10.2. The molecule has 0 N–H and O–H groups in total. The highest BCUT2D eigenvalue weighted by Crippen LogP contribution is 2.38. The molecule has 3 aromatic rings. The molecular weight excluding hydrogens is 509 g/mol. The van der Waals surface area contributed by atoms with Crippen LogP contribution in [-0.4, -0.2) is 56.7 Å². The Bertz CT molecular complexity index is 1480. The minimum absolute atomic E-state index is 0.130. The van der Waals surface area contributed by atoms with Crippen LogP contribution in [0.25, 0.3) is 11.7 Å². The Hall–Kier alpha value is -3.24. The standard InChI is InChI=1S/C27H26FN5O2S2/c28-20-9-3-4-10-21(20)30-13-15-31(16-14-30)24-19(25(34)32-12-6-5-11-23(32)29-24)17-22-26(35)33(27(36)37-22)18-7-1-2-8-18/h3-6,9-12,17-18H,1-2,7-8,13-16H2/b22-17+. The Labute approximate surface area is 223 Å². The van der Waals surface area contributed by atoms with Gasteiger partial charge >= 0.3 is 0 Å². The Morgan fingerprint density at radius 1 is 0.973 bits per heavy atom. The van der Waals surface area contributed by atoms with Gasteiger partial charge in [-0.2, -0.15) is 0 Å². The number of anilines is 2. The van der Waals surface area contributed by atoms with Crippen LogP contribution in [-0.2, 0) is 4.79 Å². The number of para-hydroxylation sites is 1. The fraction of sp³-hybridized carbons (Fsp3) is 0.333. The molecule has 0 atom stereocenters. The summed E-state index contributed by atoms with van der Waals surface area (Å²) in [7, 11) is 0. The summed E-state index contributed by atoms with van der Waals surface area (Å²) in [5.41, 5.74) is 1.25. The van der Waals surface area contributed by atoms with Crippen molar-refractivity contribution in [3.8, 4) is 0 Å². The summed E-state index contributed by atoms with van der Waals surface area (Å²) < 4.78 is 16.4. The molecular formula is C27H26FN5O2S2. The molecule has 1 amide bonds. The summed E-state index contributed by atoms with van der Waals surface area (Å²) >= 11 is 6.82. The third-order valence-electron chi connectivity index (χ3n) is 7.31. The van der Waals surface area contributed by atoms with Crippen molar-refractivity contribution in [2.45, 2.75) is 31.7 Å². The normalized spacial score (nSPS) is 20.1. The van der Waals surface area contributed by atoms with E-state index in [0.717, 1.165) is 25.7 Å². The van der Waals surface area contributed by atoms with Crippen molar-refractivity contribution < 1.29 is 9.18 Å². The Kier molecular flexibility index (Phi) is 6.46. The van der Waals surface area contributed by atoms with Crippen LogP contribution in [0.5, 0.6) is 0 Å². The van der Waals surface area contributed by atoms with Gasteiger partial charge in [-0.05, 0) is 43.2 Å². The molecule has 3 fully saturated rings. The summed E-state index contributed by atoms with van der Waals surface area (Å²) in [5, 5.41) is 0. The van der Waals surface area contributed by atoms with Crippen LogP contribution in [0.3, 0.4) is 0 Å². The number of benzene rings is 1. The minimum atomic E-state index is -0.247. The fourth-order valence-electron chi connectivity index (χ4n) is 5.41. The third kappa shape index (κ3) is 4.42. The average molecular weight is 536 g/mol. The van der Waals surface area contributed by atoms with Crippen LogP contribution in [0.15, 0.2) is 58.4 Å². The second kappa shape index (κ2) is 9.90. The number of hydrogen-bond acceptors (Lipinski definition) is 7. The summed E-state index contributed by atoms with van der Waals surface area (Å²) in [6, 6.07) is 12.3. The van der Waals surface area contributed by atoms with Gasteiger partial charge < -0.3 is 9.80 Å². The fourth-order valence-corrected chi connectivity index (χ4v) is 6.80. The van der Waals surface area contributed by atoms with Crippen molar-refractivity contribution in [1.29, 1.82) is 0 Å². The number of carbonyl (C=O) groups is 1. The van der Waals surface area contributed by atoms with E-state index in [1.165, 1.54) is 22.2 Å². The van der Waals surface area contributed by atoms with Gasteiger partial charge in [-0.3, -0.25) is 18.9 Å². The molecule has 2 aromatic heterocycles. The molecule has 0 spiro atoms. The molecule has 1 aliphatic carbocycles. The lowest BCUT2D eigenvalue weighted by molar-refractivity contribution is -0.123. The molecule has 190 valence electrons. The maximum absolute atomic E-state index is 14.4. The molecule has 10 heteroatoms. The van der Waals surface area contributed by atoms with Crippen molar-refractivity contribution in [2.24, 2.45) is 0 Å². The molecule has 4 heterocycles. The number of nitrogens with zero attached hydrogens (tertiary/aromatic N) is 5.